The monoisotopic (exact) mass is 310 g/mol. The van der Waals surface area contributed by atoms with E-state index in [1.807, 2.05) is 12.1 Å². The van der Waals surface area contributed by atoms with Gasteiger partial charge in [0.15, 0.2) is 5.79 Å². The second-order valence-electron chi connectivity index (χ2n) is 5.44. The molecule has 1 spiro atoms. The molecule has 0 atom stereocenters. The fourth-order valence-electron chi connectivity index (χ4n) is 2.81. The van der Waals surface area contributed by atoms with Crippen LogP contribution in [0.25, 0.3) is 0 Å². The molecular weight excluding hydrogens is 292 g/mol. The zero-order valence-corrected chi connectivity index (χ0v) is 12.6. The van der Waals surface area contributed by atoms with Crippen molar-refractivity contribution >= 4 is 23.2 Å². The van der Waals surface area contributed by atoms with Gasteiger partial charge in [0.2, 0.25) is 5.91 Å². The average molecular weight is 311 g/mol. The fourth-order valence-corrected chi connectivity index (χ4v) is 3.00. The molecule has 2 saturated heterocycles. The predicted octanol–water partition coefficient (Wildman–Crippen LogP) is 2.12. The maximum atomic E-state index is 12.0. The third kappa shape index (κ3) is 3.74. The molecule has 1 N–H and O–H groups in total. The third-order valence-electron chi connectivity index (χ3n) is 3.91. The number of anilines is 1. The first-order valence-electron chi connectivity index (χ1n) is 7.21. The van der Waals surface area contributed by atoms with Crippen LogP contribution in [0.4, 0.5) is 5.69 Å². The van der Waals surface area contributed by atoms with Crippen molar-refractivity contribution in [3.8, 4) is 0 Å². The molecule has 0 radical (unpaired) electrons. The van der Waals surface area contributed by atoms with E-state index < -0.39 is 0 Å². The first-order chi connectivity index (χ1) is 10.2. The molecule has 2 heterocycles. The van der Waals surface area contributed by atoms with Gasteiger partial charge in [0.25, 0.3) is 0 Å². The number of likely N-dealkylation sites (tertiary alicyclic amines) is 1. The van der Waals surface area contributed by atoms with E-state index >= 15 is 0 Å². The molecule has 2 aliphatic heterocycles. The quantitative estimate of drug-likeness (QED) is 0.929. The molecule has 21 heavy (non-hydrogen) atoms. The van der Waals surface area contributed by atoms with Crippen molar-refractivity contribution in [2.75, 3.05) is 38.2 Å². The second kappa shape index (κ2) is 6.32. The van der Waals surface area contributed by atoms with E-state index in [4.69, 9.17) is 21.1 Å². The summed E-state index contributed by atoms with van der Waals surface area (Å²) >= 11 is 5.90. The SMILES string of the molecule is O=C(CN1CCC2(CC1)OCCO2)Nc1cccc(Cl)c1. The van der Waals surface area contributed by atoms with E-state index in [2.05, 4.69) is 10.2 Å². The van der Waals surface area contributed by atoms with Crippen molar-refractivity contribution in [2.45, 2.75) is 18.6 Å². The average Bonchev–Trinajstić information content (AvgIpc) is 2.90. The smallest absolute Gasteiger partial charge is 0.238 e. The van der Waals surface area contributed by atoms with Crippen LogP contribution in [0.3, 0.4) is 0 Å². The normalized spacial score (nSPS) is 21.6. The maximum absolute atomic E-state index is 12.0. The summed E-state index contributed by atoms with van der Waals surface area (Å²) in [5.74, 6) is -0.415. The molecule has 0 unspecified atom stereocenters. The van der Waals surface area contributed by atoms with Crippen molar-refractivity contribution in [2.24, 2.45) is 0 Å². The zero-order valence-electron chi connectivity index (χ0n) is 11.8. The first kappa shape index (κ1) is 14.8. The molecule has 1 amide bonds. The van der Waals surface area contributed by atoms with E-state index in [1.165, 1.54) is 0 Å². The summed E-state index contributed by atoms with van der Waals surface area (Å²) in [7, 11) is 0. The highest BCUT2D eigenvalue weighted by atomic mass is 35.5. The number of piperidine rings is 1. The molecule has 0 aliphatic carbocycles. The molecule has 2 fully saturated rings. The minimum Gasteiger partial charge on any atom is -0.347 e. The number of amides is 1. The van der Waals surface area contributed by atoms with Gasteiger partial charge in [-0.3, -0.25) is 9.69 Å². The van der Waals surface area contributed by atoms with Crippen LogP contribution in [0.1, 0.15) is 12.8 Å². The highest BCUT2D eigenvalue weighted by Gasteiger charge is 2.39. The largest absolute Gasteiger partial charge is 0.347 e. The summed E-state index contributed by atoms with van der Waals surface area (Å²) in [5, 5.41) is 3.48. The molecule has 2 aliphatic rings. The van der Waals surface area contributed by atoms with Crippen LogP contribution < -0.4 is 5.32 Å². The molecule has 5 nitrogen and oxygen atoms in total. The van der Waals surface area contributed by atoms with Gasteiger partial charge in [-0.1, -0.05) is 17.7 Å². The number of carbonyl (C=O) groups is 1. The lowest BCUT2D eigenvalue weighted by Crippen LogP contribution is -2.47. The number of hydrogen-bond acceptors (Lipinski definition) is 4. The van der Waals surface area contributed by atoms with E-state index in [1.54, 1.807) is 12.1 Å². The van der Waals surface area contributed by atoms with Gasteiger partial charge in [-0.25, -0.2) is 0 Å². The Bertz CT molecular complexity index is 507. The highest BCUT2D eigenvalue weighted by molar-refractivity contribution is 6.30. The lowest BCUT2D eigenvalue weighted by molar-refractivity contribution is -0.185. The molecule has 0 saturated carbocycles. The van der Waals surface area contributed by atoms with Gasteiger partial charge < -0.3 is 14.8 Å². The predicted molar refractivity (Wildman–Crippen MR) is 80.4 cm³/mol. The Balaban J connectivity index is 1.47. The number of halogens is 1. The molecule has 1 aromatic carbocycles. The van der Waals surface area contributed by atoms with Crippen LogP contribution in [0.2, 0.25) is 5.02 Å². The number of benzene rings is 1. The van der Waals surface area contributed by atoms with Crippen LogP contribution in [-0.4, -0.2) is 49.4 Å². The summed E-state index contributed by atoms with van der Waals surface area (Å²) < 4.78 is 11.4. The summed E-state index contributed by atoms with van der Waals surface area (Å²) in [5.41, 5.74) is 0.725. The standard InChI is InChI=1S/C15H19ClN2O3/c16-12-2-1-3-13(10-12)17-14(19)11-18-6-4-15(5-7-18)20-8-9-21-15/h1-3,10H,4-9,11H2,(H,17,19). The summed E-state index contributed by atoms with van der Waals surface area (Å²) in [4.78, 5) is 14.2. The Hall–Kier alpha value is -1.14. The van der Waals surface area contributed by atoms with Crippen LogP contribution in [0.5, 0.6) is 0 Å². The van der Waals surface area contributed by atoms with Crippen molar-refractivity contribution < 1.29 is 14.3 Å². The van der Waals surface area contributed by atoms with E-state index in [0.29, 0.717) is 24.8 Å². The molecule has 3 rings (SSSR count). The van der Waals surface area contributed by atoms with Crippen LogP contribution >= 0.6 is 11.6 Å². The van der Waals surface area contributed by atoms with Gasteiger partial charge in [-0.2, -0.15) is 0 Å². The number of rotatable bonds is 3. The van der Waals surface area contributed by atoms with E-state index in [-0.39, 0.29) is 11.7 Å². The number of hydrogen-bond donors (Lipinski definition) is 1. The molecular formula is C15H19ClN2O3. The zero-order chi connectivity index (χ0) is 14.7. The van der Waals surface area contributed by atoms with Crippen molar-refractivity contribution in [1.29, 1.82) is 0 Å². The Morgan fingerprint density at radius 3 is 2.67 bits per heavy atom. The first-order valence-corrected chi connectivity index (χ1v) is 7.59. The summed E-state index contributed by atoms with van der Waals surface area (Å²) in [6.45, 7) is 3.35. The van der Waals surface area contributed by atoms with E-state index in [9.17, 15) is 4.79 Å². The Morgan fingerprint density at radius 2 is 2.00 bits per heavy atom. The minimum absolute atomic E-state index is 0.0264. The van der Waals surface area contributed by atoms with Crippen molar-refractivity contribution in [3.63, 3.8) is 0 Å². The third-order valence-corrected chi connectivity index (χ3v) is 4.14. The highest BCUT2D eigenvalue weighted by Crippen LogP contribution is 2.31. The molecule has 1 aromatic rings. The van der Waals surface area contributed by atoms with Gasteiger partial charge in [0.1, 0.15) is 0 Å². The van der Waals surface area contributed by atoms with Crippen LogP contribution in [0.15, 0.2) is 24.3 Å². The number of ether oxygens (including phenoxy) is 2. The second-order valence-corrected chi connectivity index (χ2v) is 5.88. The maximum Gasteiger partial charge on any atom is 0.238 e. The van der Waals surface area contributed by atoms with Gasteiger partial charge in [0.05, 0.1) is 19.8 Å². The fraction of sp³-hybridized carbons (Fsp3) is 0.533. The van der Waals surface area contributed by atoms with Gasteiger partial charge in [-0.15, -0.1) is 0 Å². The minimum atomic E-state index is -0.389. The topological polar surface area (TPSA) is 50.8 Å². The number of nitrogens with zero attached hydrogens (tertiary/aromatic N) is 1. The van der Waals surface area contributed by atoms with Crippen molar-refractivity contribution in [3.05, 3.63) is 29.3 Å². The molecule has 6 heteroatoms. The molecule has 0 bridgehead atoms. The molecule has 114 valence electrons. The Morgan fingerprint density at radius 1 is 1.29 bits per heavy atom. The summed E-state index contributed by atoms with van der Waals surface area (Å²) in [6, 6.07) is 7.17. The van der Waals surface area contributed by atoms with Gasteiger partial charge in [-0.05, 0) is 18.2 Å². The van der Waals surface area contributed by atoms with Gasteiger partial charge >= 0.3 is 0 Å². The number of carbonyl (C=O) groups excluding carboxylic acids is 1. The molecule has 0 aromatic heterocycles. The number of nitrogens with one attached hydrogen (secondary N) is 1. The van der Waals surface area contributed by atoms with Crippen LogP contribution in [-0.2, 0) is 14.3 Å². The van der Waals surface area contributed by atoms with Gasteiger partial charge in [0, 0.05) is 36.6 Å². The lowest BCUT2D eigenvalue weighted by Gasteiger charge is -2.37. The summed E-state index contributed by atoms with van der Waals surface area (Å²) in [6.07, 6.45) is 1.63. The van der Waals surface area contributed by atoms with Crippen LogP contribution in [0, 0.1) is 0 Å². The Labute approximate surface area is 129 Å². The van der Waals surface area contributed by atoms with Crippen molar-refractivity contribution in [1.82, 2.24) is 4.90 Å². The van der Waals surface area contributed by atoms with E-state index in [0.717, 1.165) is 31.6 Å². The Kier molecular flexibility index (Phi) is 4.45. The lowest BCUT2D eigenvalue weighted by atomic mass is 10.0.